The molecule has 0 heterocycles. The maximum absolute atomic E-state index is 8.89. The van der Waals surface area contributed by atoms with Gasteiger partial charge < -0.3 is 14.2 Å². The Hall–Kier alpha value is -4.25. The summed E-state index contributed by atoms with van der Waals surface area (Å²) >= 11 is 0. The van der Waals surface area contributed by atoms with E-state index in [1.54, 1.807) is 0 Å². The summed E-state index contributed by atoms with van der Waals surface area (Å²) in [5, 5.41) is 3.77. The molecule has 0 amide bonds. The lowest BCUT2D eigenvalue weighted by molar-refractivity contribution is 0.0455. The molecule has 4 aromatic carbocycles. The van der Waals surface area contributed by atoms with Gasteiger partial charge in [0.1, 0.15) is 13.2 Å². The fraction of sp³-hybridized carbons (Fsp3) is 0.172. The summed E-state index contributed by atoms with van der Waals surface area (Å²) in [5.41, 5.74) is 12.9. The summed E-state index contributed by atoms with van der Waals surface area (Å²) in [4.78, 5) is 2.92. The van der Waals surface area contributed by atoms with Gasteiger partial charge in [0, 0.05) is 4.91 Å². The van der Waals surface area contributed by atoms with Crippen molar-refractivity contribution in [2.24, 2.45) is 5.11 Å². The number of azide groups is 1. The second kappa shape index (κ2) is 12.8. The fourth-order valence-corrected chi connectivity index (χ4v) is 3.56. The van der Waals surface area contributed by atoms with E-state index in [-0.39, 0.29) is 6.54 Å². The number of benzene rings is 4. The molecule has 6 heteroatoms. The molecule has 4 aromatic rings. The zero-order chi connectivity index (χ0) is 24.1. The van der Waals surface area contributed by atoms with Crippen LogP contribution in [0.15, 0.2) is 114 Å². The smallest absolute Gasteiger partial charge is 0.162 e. The molecule has 0 aromatic heterocycles. The first kappa shape index (κ1) is 23.9. The van der Waals surface area contributed by atoms with Gasteiger partial charge in [0.15, 0.2) is 11.5 Å². The molecule has 0 aliphatic heterocycles. The molecule has 4 rings (SSSR count). The van der Waals surface area contributed by atoms with Crippen LogP contribution >= 0.6 is 0 Å². The van der Waals surface area contributed by atoms with E-state index in [2.05, 4.69) is 10.0 Å². The van der Waals surface area contributed by atoms with Gasteiger partial charge in [-0.2, -0.15) is 0 Å². The van der Waals surface area contributed by atoms with Crippen LogP contribution < -0.4 is 9.47 Å². The van der Waals surface area contributed by atoms with Crippen molar-refractivity contribution in [3.63, 3.8) is 0 Å². The van der Waals surface area contributed by atoms with E-state index in [0.717, 1.165) is 22.3 Å². The molecule has 0 aliphatic carbocycles. The molecule has 0 bridgehead atoms. The Morgan fingerprint density at radius 2 is 1.14 bits per heavy atom. The third-order valence-electron chi connectivity index (χ3n) is 5.42. The molecule has 1 atom stereocenters. The monoisotopic (exact) mass is 465 g/mol. The Bertz CT molecular complexity index is 1230. The predicted octanol–water partition coefficient (Wildman–Crippen LogP) is 7.41. The average molecular weight is 466 g/mol. The first-order chi connectivity index (χ1) is 17.3. The van der Waals surface area contributed by atoms with Gasteiger partial charge in [0.05, 0.1) is 19.3 Å². The Morgan fingerprint density at radius 3 is 1.69 bits per heavy atom. The van der Waals surface area contributed by atoms with Gasteiger partial charge in [-0.1, -0.05) is 102 Å². The van der Waals surface area contributed by atoms with E-state index in [1.807, 2.05) is 109 Å². The van der Waals surface area contributed by atoms with Crippen LogP contribution in [0.4, 0.5) is 0 Å². The van der Waals surface area contributed by atoms with E-state index in [1.165, 1.54) is 0 Å². The van der Waals surface area contributed by atoms with E-state index in [0.29, 0.717) is 31.3 Å². The van der Waals surface area contributed by atoms with Crippen molar-refractivity contribution < 1.29 is 14.2 Å². The molecule has 0 saturated heterocycles. The van der Waals surface area contributed by atoms with Crippen LogP contribution in [0.5, 0.6) is 11.5 Å². The topological polar surface area (TPSA) is 76.5 Å². The van der Waals surface area contributed by atoms with E-state index in [9.17, 15) is 0 Å². The fourth-order valence-electron chi connectivity index (χ4n) is 3.56. The second-order valence-corrected chi connectivity index (χ2v) is 7.95. The predicted molar refractivity (Wildman–Crippen MR) is 136 cm³/mol. The second-order valence-electron chi connectivity index (χ2n) is 7.95. The molecular formula is C29H27N3O3. The number of hydrogen-bond donors (Lipinski definition) is 0. The van der Waals surface area contributed by atoms with Gasteiger partial charge in [-0.15, -0.1) is 0 Å². The van der Waals surface area contributed by atoms with Crippen LogP contribution in [0, 0.1) is 0 Å². The largest absolute Gasteiger partial charge is 0.485 e. The van der Waals surface area contributed by atoms with E-state index >= 15 is 0 Å². The van der Waals surface area contributed by atoms with Gasteiger partial charge >= 0.3 is 0 Å². The third-order valence-corrected chi connectivity index (χ3v) is 5.42. The maximum Gasteiger partial charge on any atom is 0.162 e. The highest BCUT2D eigenvalue weighted by Gasteiger charge is 2.16. The number of ether oxygens (including phenoxy) is 3. The van der Waals surface area contributed by atoms with Crippen LogP contribution in [0.3, 0.4) is 0 Å². The Labute approximate surface area is 205 Å². The summed E-state index contributed by atoms with van der Waals surface area (Å²) in [6.07, 6.45) is -0.423. The van der Waals surface area contributed by atoms with Crippen LogP contribution in [0.1, 0.15) is 28.4 Å². The summed E-state index contributed by atoms with van der Waals surface area (Å²) in [6.45, 7) is 1.40. The van der Waals surface area contributed by atoms with Crippen molar-refractivity contribution in [2.45, 2.75) is 25.9 Å². The van der Waals surface area contributed by atoms with E-state index < -0.39 is 6.10 Å². The zero-order valence-corrected chi connectivity index (χ0v) is 19.4. The highest BCUT2D eigenvalue weighted by Crippen LogP contribution is 2.33. The molecular weight excluding hydrogens is 438 g/mol. The Morgan fingerprint density at radius 1 is 0.629 bits per heavy atom. The van der Waals surface area contributed by atoms with Crippen molar-refractivity contribution in [1.82, 2.24) is 0 Å². The number of hydrogen-bond acceptors (Lipinski definition) is 4. The zero-order valence-electron chi connectivity index (χ0n) is 19.4. The van der Waals surface area contributed by atoms with Gasteiger partial charge in [-0.25, -0.2) is 0 Å². The Kier molecular flexibility index (Phi) is 8.77. The van der Waals surface area contributed by atoms with Gasteiger partial charge in [-0.05, 0) is 39.9 Å². The Balaban J connectivity index is 1.56. The normalized spacial score (nSPS) is 11.3. The SMILES string of the molecule is [N-]=[N+]=NC[C@H](OCc1ccccc1)c1ccc(OCc2ccccc2)c(OCc2ccccc2)c1. The van der Waals surface area contributed by atoms with Crippen LogP contribution in [-0.2, 0) is 24.6 Å². The lowest BCUT2D eigenvalue weighted by atomic mass is 10.1. The summed E-state index contributed by atoms with van der Waals surface area (Å²) in [6, 6.07) is 35.6. The highest BCUT2D eigenvalue weighted by atomic mass is 16.5. The number of rotatable bonds is 12. The lowest BCUT2D eigenvalue weighted by Crippen LogP contribution is -2.09. The van der Waals surface area contributed by atoms with Crippen molar-refractivity contribution in [2.75, 3.05) is 6.54 Å². The molecule has 0 spiro atoms. The molecule has 176 valence electrons. The number of nitrogens with zero attached hydrogens (tertiary/aromatic N) is 3. The molecule has 0 N–H and O–H groups in total. The average Bonchev–Trinajstić information content (AvgIpc) is 2.93. The minimum atomic E-state index is -0.423. The molecule has 35 heavy (non-hydrogen) atoms. The standard InChI is InChI=1S/C29H27N3O3/c30-32-31-19-29(35-22-25-14-8-3-9-15-25)26-16-17-27(33-20-23-10-4-1-5-11-23)28(18-26)34-21-24-12-6-2-7-13-24/h1-18,29H,19-22H2/t29-/m0/s1. The third kappa shape index (κ3) is 7.37. The van der Waals surface area contributed by atoms with Gasteiger partial charge in [0.25, 0.3) is 0 Å². The summed E-state index contributed by atoms with van der Waals surface area (Å²) in [7, 11) is 0. The molecule has 0 aliphatic rings. The molecule has 0 fully saturated rings. The van der Waals surface area contributed by atoms with Crippen LogP contribution in [0.2, 0.25) is 0 Å². The summed E-state index contributed by atoms with van der Waals surface area (Å²) < 4.78 is 18.4. The first-order valence-corrected chi connectivity index (χ1v) is 11.5. The maximum atomic E-state index is 8.89. The van der Waals surface area contributed by atoms with Crippen molar-refractivity contribution in [3.8, 4) is 11.5 Å². The molecule has 0 radical (unpaired) electrons. The first-order valence-electron chi connectivity index (χ1n) is 11.5. The minimum Gasteiger partial charge on any atom is -0.485 e. The van der Waals surface area contributed by atoms with Crippen LogP contribution in [0.25, 0.3) is 10.4 Å². The van der Waals surface area contributed by atoms with Crippen molar-refractivity contribution in [3.05, 3.63) is 142 Å². The van der Waals surface area contributed by atoms with Gasteiger partial charge in [0.2, 0.25) is 0 Å². The quantitative estimate of drug-likeness (QED) is 0.124. The van der Waals surface area contributed by atoms with E-state index in [4.69, 9.17) is 19.7 Å². The molecule has 6 nitrogen and oxygen atoms in total. The molecule has 0 saturated carbocycles. The lowest BCUT2D eigenvalue weighted by Gasteiger charge is -2.19. The van der Waals surface area contributed by atoms with Gasteiger partial charge in [-0.3, -0.25) is 0 Å². The van der Waals surface area contributed by atoms with Crippen molar-refractivity contribution >= 4 is 0 Å². The minimum absolute atomic E-state index is 0.172. The van der Waals surface area contributed by atoms with Crippen molar-refractivity contribution in [1.29, 1.82) is 0 Å². The summed E-state index contributed by atoms with van der Waals surface area (Å²) in [5.74, 6) is 1.25. The highest BCUT2D eigenvalue weighted by molar-refractivity contribution is 5.44. The molecule has 0 unspecified atom stereocenters. The van der Waals surface area contributed by atoms with Crippen LogP contribution in [-0.4, -0.2) is 6.54 Å².